The van der Waals surface area contributed by atoms with Gasteiger partial charge >= 0.3 is 0 Å². The molecule has 0 saturated heterocycles. The van der Waals surface area contributed by atoms with Crippen molar-refractivity contribution in [1.82, 2.24) is 5.32 Å². The van der Waals surface area contributed by atoms with Crippen LogP contribution in [-0.4, -0.2) is 33.8 Å². The van der Waals surface area contributed by atoms with E-state index < -0.39 is 0 Å². The molecule has 2 rings (SSSR count). The van der Waals surface area contributed by atoms with Crippen molar-refractivity contribution in [1.29, 1.82) is 0 Å². The maximum Gasteiger partial charge on any atom is 0.253 e. The zero-order chi connectivity index (χ0) is 17.5. The molecule has 0 fully saturated rings. The second kappa shape index (κ2) is 8.10. The van der Waals surface area contributed by atoms with E-state index in [1.807, 2.05) is 0 Å². The average Bonchev–Trinajstić information content (AvgIpc) is 2.61. The van der Waals surface area contributed by atoms with Gasteiger partial charge in [-0.2, -0.15) is 0 Å². The first-order valence-corrected chi connectivity index (χ1v) is 7.52. The third-order valence-corrected chi connectivity index (χ3v) is 3.68. The first-order valence-electron chi connectivity index (χ1n) is 7.52. The summed E-state index contributed by atoms with van der Waals surface area (Å²) in [5, 5.41) is 2.86. The number of rotatable bonds is 7. The van der Waals surface area contributed by atoms with Gasteiger partial charge in [0.15, 0.2) is 0 Å². The Labute approximate surface area is 141 Å². The first-order chi connectivity index (χ1) is 11.6. The molecule has 6 heteroatoms. The molecule has 0 saturated carbocycles. The van der Waals surface area contributed by atoms with Gasteiger partial charge in [0, 0.05) is 29.9 Å². The van der Waals surface area contributed by atoms with Gasteiger partial charge in [-0.3, -0.25) is 4.79 Å². The molecule has 0 radical (unpaired) electrons. The minimum Gasteiger partial charge on any atom is -0.496 e. The molecular weight excluding hydrogens is 308 g/mol. The molecule has 0 atom stereocenters. The third-order valence-electron chi connectivity index (χ3n) is 3.68. The highest BCUT2D eigenvalue weighted by atomic mass is 16.5. The maximum absolute atomic E-state index is 12.2. The molecule has 0 aliphatic carbocycles. The second-order valence-corrected chi connectivity index (χ2v) is 5.10. The summed E-state index contributed by atoms with van der Waals surface area (Å²) >= 11 is 0. The number of carbonyl (C=O) groups is 1. The number of methoxy groups -OCH3 is 3. The Bertz CT molecular complexity index is 691. The van der Waals surface area contributed by atoms with Gasteiger partial charge in [-0.15, -0.1) is 0 Å². The summed E-state index contributed by atoms with van der Waals surface area (Å²) in [4.78, 5) is 12.2. The summed E-state index contributed by atoms with van der Waals surface area (Å²) in [7, 11) is 4.75. The lowest BCUT2D eigenvalue weighted by molar-refractivity contribution is 0.0955. The van der Waals surface area contributed by atoms with Gasteiger partial charge in [0.2, 0.25) is 0 Å². The van der Waals surface area contributed by atoms with Gasteiger partial charge in [0.1, 0.15) is 17.2 Å². The molecule has 1 amide bonds. The molecular formula is C18H22N2O4. The minimum atomic E-state index is -0.209. The van der Waals surface area contributed by atoms with Crippen LogP contribution in [0.5, 0.6) is 17.2 Å². The van der Waals surface area contributed by atoms with E-state index in [1.165, 1.54) is 0 Å². The van der Waals surface area contributed by atoms with Crippen molar-refractivity contribution in [2.75, 3.05) is 33.6 Å². The van der Waals surface area contributed by atoms with E-state index in [2.05, 4.69) is 5.32 Å². The fourth-order valence-electron chi connectivity index (χ4n) is 2.42. The largest absolute Gasteiger partial charge is 0.496 e. The molecule has 2 aromatic carbocycles. The van der Waals surface area contributed by atoms with Gasteiger partial charge in [-0.05, 0) is 18.6 Å². The molecule has 128 valence electrons. The Morgan fingerprint density at radius 2 is 1.67 bits per heavy atom. The third kappa shape index (κ3) is 3.90. The van der Waals surface area contributed by atoms with Crippen LogP contribution in [0.1, 0.15) is 15.9 Å². The number of nitrogens with two attached hydrogens (primary N) is 1. The molecule has 0 unspecified atom stereocenters. The number of hydrogen-bond donors (Lipinski definition) is 2. The summed E-state index contributed by atoms with van der Waals surface area (Å²) < 4.78 is 16.0. The van der Waals surface area contributed by atoms with Gasteiger partial charge in [-0.25, -0.2) is 0 Å². The number of amides is 1. The van der Waals surface area contributed by atoms with Crippen LogP contribution in [0.25, 0.3) is 0 Å². The predicted molar refractivity (Wildman–Crippen MR) is 93.0 cm³/mol. The lowest BCUT2D eigenvalue weighted by Gasteiger charge is -2.15. The van der Waals surface area contributed by atoms with Crippen molar-refractivity contribution < 1.29 is 19.0 Å². The lowest BCUT2D eigenvalue weighted by Crippen LogP contribution is -2.26. The van der Waals surface area contributed by atoms with E-state index in [-0.39, 0.29) is 5.91 Å². The van der Waals surface area contributed by atoms with E-state index in [0.29, 0.717) is 41.5 Å². The normalized spacial score (nSPS) is 10.1. The molecule has 0 spiro atoms. The van der Waals surface area contributed by atoms with Gasteiger partial charge in [0.05, 0.1) is 26.9 Å². The highest BCUT2D eigenvalue weighted by Crippen LogP contribution is 2.34. The molecule has 0 bridgehead atoms. The fraction of sp³-hybridized carbons (Fsp3) is 0.278. The zero-order valence-electron chi connectivity index (χ0n) is 14.1. The Kier molecular flexibility index (Phi) is 5.89. The smallest absolute Gasteiger partial charge is 0.253 e. The summed E-state index contributed by atoms with van der Waals surface area (Å²) in [6, 6.07) is 10.5. The molecule has 0 aromatic heterocycles. The Hall–Kier alpha value is -2.89. The summed E-state index contributed by atoms with van der Waals surface area (Å²) in [6.07, 6.45) is 0.550. The topological polar surface area (TPSA) is 82.8 Å². The van der Waals surface area contributed by atoms with Crippen LogP contribution >= 0.6 is 0 Å². The van der Waals surface area contributed by atoms with Crippen LogP contribution < -0.4 is 25.3 Å². The highest BCUT2D eigenvalue weighted by Gasteiger charge is 2.14. The van der Waals surface area contributed by atoms with E-state index >= 15 is 0 Å². The Morgan fingerprint density at radius 1 is 1.04 bits per heavy atom. The van der Waals surface area contributed by atoms with Crippen LogP contribution in [0.4, 0.5) is 5.69 Å². The van der Waals surface area contributed by atoms with Gasteiger partial charge < -0.3 is 25.3 Å². The monoisotopic (exact) mass is 330 g/mol. The fourth-order valence-corrected chi connectivity index (χ4v) is 2.42. The van der Waals surface area contributed by atoms with Crippen molar-refractivity contribution >= 4 is 11.6 Å². The summed E-state index contributed by atoms with van der Waals surface area (Å²) in [5.41, 5.74) is 7.59. The molecule has 3 N–H and O–H groups in total. The number of ether oxygens (including phenoxy) is 3. The summed E-state index contributed by atoms with van der Waals surface area (Å²) in [5.74, 6) is 1.74. The summed E-state index contributed by atoms with van der Waals surface area (Å²) in [6.45, 7) is 0.423. The van der Waals surface area contributed by atoms with Crippen LogP contribution in [0.15, 0.2) is 36.4 Å². The number of anilines is 1. The number of carbonyl (C=O) groups excluding carboxylic acids is 1. The molecule has 24 heavy (non-hydrogen) atoms. The van der Waals surface area contributed by atoms with Crippen molar-refractivity contribution in [3.63, 3.8) is 0 Å². The zero-order valence-corrected chi connectivity index (χ0v) is 14.1. The molecule has 0 heterocycles. The average molecular weight is 330 g/mol. The number of hydrogen-bond acceptors (Lipinski definition) is 5. The first kappa shape index (κ1) is 17.5. The van der Waals surface area contributed by atoms with E-state index in [4.69, 9.17) is 19.9 Å². The SMILES string of the molecule is COc1cc(OC)c(CCNC(=O)c2ccccc2N)c(OC)c1. The predicted octanol–water partition coefficient (Wildman–Crippen LogP) is 2.27. The molecule has 2 aromatic rings. The Balaban J connectivity index is 2.09. The van der Waals surface area contributed by atoms with Crippen LogP contribution in [0, 0.1) is 0 Å². The minimum absolute atomic E-state index is 0.209. The van der Waals surface area contributed by atoms with Crippen molar-refractivity contribution in [3.05, 3.63) is 47.5 Å². The van der Waals surface area contributed by atoms with Crippen LogP contribution in [-0.2, 0) is 6.42 Å². The molecule has 0 aliphatic rings. The number of nitrogen functional groups attached to an aromatic ring is 1. The lowest BCUT2D eigenvalue weighted by atomic mass is 10.1. The van der Waals surface area contributed by atoms with Crippen molar-refractivity contribution in [2.45, 2.75) is 6.42 Å². The molecule has 6 nitrogen and oxygen atoms in total. The van der Waals surface area contributed by atoms with Crippen molar-refractivity contribution in [3.8, 4) is 17.2 Å². The Morgan fingerprint density at radius 3 is 2.21 bits per heavy atom. The number of benzene rings is 2. The quantitative estimate of drug-likeness (QED) is 0.761. The van der Waals surface area contributed by atoms with Gasteiger partial charge in [-0.1, -0.05) is 12.1 Å². The second-order valence-electron chi connectivity index (χ2n) is 5.10. The van der Waals surface area contributed by atoms with Crippen molar-refractivity contribution in [2.24, 2.45) is 0 Å². The van der Waals surface area contributed by atoms with Gasteiger partial charge in [0.25, 0.3) is 5.91 Å². The van der Waals surface area contributed by atoms with Crippen LogP contribution in [0.3, 0.4) is 0 Å². The maximum atomic E-state index is 12.2. The number of para-hydroxylation sites is 1. The van der Waals surface area contributed by atoms with E-state index in [9.17, 15) is 4.79 Å². The highest BCUT2D eigenvalue weighted by molar-refractivity contribution is 5.99. The van der Waals surface area contributed by atoms with E-state index in [0.717, 1.165) is 5.56 Å². The van der Waals surface area contributed by atoms with E-state index in [1.54, 1.807) is 57.7 Å². The standard InChI is InChI=1S/C18H22N2O4/c1-22-12-10-16(23-2)14(17(11-12)24-3)8-9-20-18(21)13-6-4-5-7-15(13)19/h4-7,10-11H,8-9,19H2,1-3H3,(H,20,21). The van der Waals surface area contributed by atoms with Crippen LogP contribution in [0.2, 0.25) is 0 Å². The molecule has 0 aliphatic heterocycles. The number of nitrogens with one attached hydrogen (secondary N) is 1.